The molecular weight excluding hydrogens is 361 g/mol. The second-order valence-corrected chi connectivity index (χ2v) is 8.02. The van der Waals surface area contributed by atoms with Gasteiger partial charge in [-0.2, -0.15) is 0 Å². The van der Waals surface area contributed by atoms with Crippen LogP contribution >= 0.6 is 0 Å². The maximum absolute atomic E-state index is 14.5. The Kier molecular flexibility index (Phi) is 4.59. The summed E-state index contributed by atoms with van der Waals surface area (Å²) in [6, 6.07) is 22.1. The molecule has 0 fully saturated rings. The minimum Gasteiger partial charge on any atom is -0.489 e. The van der Waals surface area contributed by atoms with Crippen LogP contribution in [0.2, 0.25) is 0 Å². The monoisotopic (exact) mass is 385 g/mol. The van der Waals surface area contributed by atoms with Crippen LogP contribution in [0, 0.1) is 18.7 Å². The van der Waals surface area contributed by atoms with Crippen LogP contribution in [0.5, 0.6) is 5.75 Å². The largest absolute Gasteiger partial charge is 0.489 e. The van der Waals surface area contributed by atoms with Crippen LogP contribution in [0.15, 0.2) is 78.9 Å². The molecule has 2 aliphatic rings. The van der Waals surface area contributed by atoms with Crippen molar-refractivity contribution in [3.05, 3.63) is 107 Å². The molecule has 1 N–H and O–H groups in total. The molecule has 3 aromatic rings. The lowest BCUT2D eigenvalue weighted by molar-refractivity contribution is 0.306. The molecule has 146 valence electrons. The topological polar surface area (TPSA) is 21.3 Å². The van der Waals surface area contributed by atoms with Gasteiger partial charge in [-0.3, -0.25) is 0 Å². The number of rotatable bonds is 4. The summed E-state index contributed by atoms with van der Waals surface area (Å²) in [5, 5.41) is 3.48. The van der Waals surface area contributed by atoms with Crippen LogP contribution in [0.3, 0.4) is 0 Å². The number of aryl methyl sites for hydroxylation is 1. The molecule has 0 saturated heterocycles. The standard InChI is InChI=1S/C26H24FNO/c1-17-8-10-18(11-9-17)16-29-20-14-12-19(13-15-20)25-22-5-2-4-21(22)23-6-3-7-24(27)26(23)28-25/h2-4,6-15,21-22,25,28H,5,16H2,1H3. The van der Waals surface area contributed by atoms with Crippen molar-refractivity contribution in [1.82, 2.24) is 0 Å². The van der Waals surface area contributed by atoms with E-state index >= 15 is 0 Å². The maximum Gasteiger partial charge on any atom is 0.146 e. The molecule has 3 atom stereocenters. The van der Waals surface area contributed by atoms with Gasteiger partial charge in [-0.15, -0.1) is 0 Å². The number of hydrogen-bond acceptors (Lipinski definition) is 2. The summed E-state index contributed by atoms with van der Waals surface area (Å²) >= 11 is 0. The van der Waals surface area contributed by atoms with E-state index < -0.39 is 0 Å². The Labute approximate surface area is 171 Å². The summed E-state index contributed by atoms with van der Waals surface area (Å²) in [5.41, 5.74) is 5.28. The van der Waals surface area contributed by atoms with Crippen molar-refractivity contribution in [2.75, 3.05) is 5.32 Å². The maximum atomic E-state index is 14.5. The number of benzene rings is 3. The summed E-state index contributed by atoms with van der Waals surface area (Å²) in [5.74, 6) is 1.34. The fraction of sp³-hybridized carbons (Fsp3) is 0.231. The van der Waals surface area contributed by atoms with E-state index in [9.17, 15) is 4.39 Å². The highest BCUT2D eigenvalue weighted by Gasteiger charge is 2.38. The van der Waals surface area contributed by atoms with Gasteiger partial charge in [0.25, 0.3) is 0 Å². The first kappa shape index (κ1) is 18.0. The molecule has 3 heteroatoms. The van der Waals surface area contributed by atoms with Crippen molar-refractivity contribution < 1.29 is 9.13 Å². The Hall–Kier alpha value is -3.07. The van der Waals surface area contributed by atoms with E-state index in [4.69, 9.17) is 4.74 Å². The Balaban J connectivity index is 1.34. The zero-order valence-corrected chi connectivity index (χ0v) is 16.4. The van der Waals surface area contributed by atoms with Gasteiger partial charge in [-0.25, -0.2) is 4.39 Å². The smallest absolute Gasteiger partial charge is 0.146 e. The highest BCUT2D eigenvalue weighted by molar-refractivity contribution is 5.60. The molecular formula is C26H24FNO. The molecule has 0 bridgehead atoms. The van der Waals surface area contributed by atoms with Crippen LogP contribution in [-0.2, 0) is 6.61 Å². The average Bonchev–Trinajstić information content (AvgIpc) is 3.24. The second kappa shape index (κ2) is 7.40. The third-order valence-electron chi connectivity index (χ3n) is 6.11. The van der Waals surface area contributed by atoms with E-state index in [1.807, 2.05) is 18.2 Å². The molecule has 1 heterocycles. The third-order valence-corrected chi connectivity index (χ3v) is 6.11. The van der Waals surface area contributed by atoms with Gasteiger partial charge in [0.15, 0.2) is 0 Å². The minimum atomic E-state index is -0.177. The lowest BCUT2D eigenvalue weighted by Crippen LogP contribution is -2.29. The van der Waals surface area contributed by atoms with Crippen molar-refractivity contribution in [3.8, 4) is 5.75 Å². The van der Waals surface area contributed by atoms with E-state index in [-0.39, 0.29) is 17.8 Å². The first-order chi connectivity index (χ1) is 14.2. The molecule has 0 spiro atoms. The quantitative estimate of drug-likeness (QED) is 0.515. The predicted molar refractivity (Wildman–Crippen MR) is 115 cm³/mol. The summed E-state index contributed by atoms with van der Waals surface area (Å²) in [6.07, 6.45) is 5.46. The first-order valence-corrected chi connectivity index (χ1v) is 10.2. The number of allylic oxidation sites excluding steroid dienone is 2. The molecule has 3 aromatic carbocycles. The van der Waals surface area contributed by atoms with Gasteiger partial charge in [0, 0.05) is 5.92 Å². The normalized spacial score (nSPS) is 21.9. The van der Waals surface area contributed by atoms with Crippen molar-refractivity contribution >= 4 is 5.69 Å². The summed E-state index contributed by atoms with van der Waals surface area (Å²) < 4.78 is 20.4. The molecule has 29 heavy (non-hydrogen) atoms. The van der Waals surface area contributed by atoms with Crippen LogP contribution in [0.1, 0.15) is 40.6 Å². The summed E-state index contributed by atoms with van der Waals surface area (Å²) in [6.45, 7) is 2.63. The molecule has 5 rings (SSSR count). The Morgan fingerprint density at radius 3 is 2.59 bits per heavy atom. The van der Waals surface area contributed by atoms with Crippen LogP contribution in [-0.4, -0.2) is 0 Å². The second-order valence-electron chi connectivity index (χ2n) is 8.02. The van der Waals surface area contributed by atoms with Gasteiger partial charge in [0.2, 0.25) is 0 Å². The van der Waals surface area contributed by atoms with Crippen molar-refractivity contribution in [2.24, 2.45) is 5.92 Å². The average molecular weight is 385 g/mol. The lowest BCUT2D eigenvalue weighted by atomic mass is 9.77. The fourth-order valence-electron chi connectivity index (χ4n) is 4.54. The zero-order chi connectivity index (χ0) is 19.8. The SMILES string of the molecule is Cc1ccc(COc2ccc(C3Nc4c(F)cccc4C4C=CCC43)cc2)cc1. The van der Waals surface area contributed by atoms with Crippen molar-refractivity contribution in [2.45, 2.75) is 31.9 Å². The van der Waals surface area contributed by atoms with Gasteiger partial charge in [-0.1, -0.05) is 66.2 Å². The van der Waals surface area contributed by atoms with Crippen molar-refractivity contribution in [3.63, 3.8) is 0 Å². The summed E-state index contributed by atoms with van der Waals surface area (Å²) in [4.78, 5) is 0. The molecule has 0 aromatic heterocycles. The fourth-order valence-corrected chi connectivity index (χ4v) is 4.54. The number of fused-ring (bicyclic) bond motifs is 3. The molecule has 1 aliphatic carbocycles. The molecule has 0 saturated carbocycles. The molecule has 3 unspecified atom stereocenters. The molecule has 0 amide bonds. The third kappa shape index (κ3) is 3.42. The van der Waals surface area contributed by atoms with Crippen molar-refractivity contribution in [1.29, 1.82) is 0 Å². The Morgan fingerprint density at radius 1 is 1.00 bits per heavy atom. The van der Waals surface area contributed by atoms with Gasteiger partial charge in [-0.05, 0) is 54.2 Å². The lowest BCUT2D eigenvalue weighted by Gasteiger charge is -2.37. The van der Waals surface area contributed by atoms with E-state index in [1.165, 1.54) is 17.2 Å². The van der Waals surface area contributed by atoms with E-state index in [0.29, 0.717) is 18.2 Å². The van der Waals surface area contributed by atoms with Gasteiger partial charge >= 0.3 is 0 Å². The highest BCUT2D eigenvalue weighted by atomic mass is 19.1. The molecule has 0 radical (unpaired) electrons. The van der Waals surface area contributed by atoms with E-state index in [1.54, 1.807) is 6.07 Å². The van der Waals surface area contributed by atoms with Crippen LogP contribution in [0.4, 0.5) is 10.1 Å². The van der Waals surface area contributed by atoms with E-state index in [0.717, 1.165) is 23.3 Å². The predicted octanol–water partition coefficient (Wildman–Crippen LogP) is 6.54. The van der Waals surface area contributed by atoms with Crippen LogP contribution in [0.25, 0.3) is 0 Å². The number of anilines is 1. The van der Waals surface area contributed by atoms with Gasteiger partial charge in [0.05, 0.1) is 11.7 Å². The minimum absolute atomic E-state index is 0.0885. The van der Waals surface area contributed by atoms with Gasteiger partial charge < -0.3 is 10.1 Å². The first-order valence-electron chi connectivity index (χ1n) is 10.2. The molecule has 1 aliphatic heterocycles. The Morgan fingerprint density at radius 2 is 1.79 bits per heavy atom. The number of ether oxygens (including phenoxy) is 1. The number of halogens is 1. The number of nitrogens with one attached hydrogen (secondary N) is 1. The zero-order valence-electron chi connectivity index (χ0n) is 16.4. The highest BCUT2D eigenvalue weighted by Crippen LogP contribution is 2.50. The number of para-hydroxylation sites is 1. The molecule has 2 nitrogen and oxygen atoms in total. The number of hydrogen-bond donors (Lipinski definition) is 1. The summed E-state index contributed by atoms with van der Waals surface area (Å²) in [7, 11) is 0. The van der Waals surface area contributed by atoms with Crippen LogP contribution < -0.4 is 10.1 Å². The Bertz CT molecular complexity index is 1040. The van der Waals surface area contributed by atoms with Gasteiger partial charge in [0.1, 0.15) is 18.2 Å². The van der Waals surface area contributed by atoms with E-state index in [2.05, 4.69) is 60.8 Å².